The van der Waals surface area contributed by atoms with Crippen LogP contribution in [0.5, 0.6) is 0 Å². The van der Waals surface area contributed by atoms with Crippen LogP contribution in [0.1, 0.15) is 30.4 Å². The molecule has 0 saturated heterocycles. The van der Waals surface area contributed by atoms with Crippen molar-refractivity contribution in [1.82, 2.24) is 10.6 Å². The molecule has 0 fully saturated rings. The number of nitrogens with one attached hydrogen (secondary N) is 2. The Bertz CT molecular complexity index is 309. The Morgan fingerprint density at radius 3 is 3.13 bits per heavy atom. The zero-order valence-corrected chi connectivity index (χ0v) is 9.42. The van der Waals surface area contributed by atoms with E-state index in [2.05, 4.69) is 41.8 Å². The van der Waals surface area contributed by atoms with Crippen molar-refractivity contribution in [1.29, 1.82) is 0 Å². The minimum Gasteiger partial charge on any atom is -0.316 e. The monoisotopic (exact) mass is 204 g/mol. The first-order chi connectivity index (χ1) is 7.42. The van der Waals surface area contributed by atoms with E-state index in [-0.39, 0.29) is 0 Å². The fourth-order valence-electron chi connectivity index (χ4n) is 2.22. The van der Waals surface area contributed by atoms with Crippen LogP contribution in [0.15, 0.2) is 24.3 Å². The molecule has 0 bridgehead atoms. The summed E-state index contributed by atoms with van der Waals surface area (Å²) in [5, 5.41) is 6.98. The second kappa shape index (κ2) is 5.29. The first kappa shape index (κ1) is 10.7. The van der Waals surface area contributed by atoms with Gasteiger partial charge < -0.3 is 10.6 Å². The Morgan fingerprint density at radius 2 is 2.27 bits per heavy atom. The van der Waals surface area contributed by atoms with Crippen LogP contribution in [-0.4, -0.2) is 19.6 Å². The first-order valence-electron chi connectivity index (χ1n) is 5.91. The van der Waals surface area contributed by atoms with Crippen molar-refractivity contribution in [3.63, 3.8) is 0 Å². The average Bonchev–Trinajstić information content (AvgIpc) is 2.30. The molecule has 0 amide bonds. The Balaban J connectivity index is 2.02. The van der Waals surface area contributed by atoms with E-state index in [9.17, 15) is 0 Å². The maximum absolute atomic E-state index is 3.51. The molecule has 2 N–H and O–H groups in total. The largest absolute Gasteiger partial charge is 0.316 e. The van der Waals surface area contributed by atoms with Gasteiger partial charge in [-0.3, -0.25) is 0 Å². The highest BCUT2D eigenvalue weighted by Crippen LogP contribution is 2.22. The summed E-state index contributed by atoms with van der Waals surface area (Å²) < 4.78 is 0. The Labute approximate surface area is 92.1 Å². The van der Waals surface area contributed by atoms with E-state index in [0.717, 1.165) is 26.2 Å². The van der Waals surface area contributed by atoms with Crippen molar-refractivity contribution in [3.8, 4) is 0 Å². The molecule has 2 rings (SSSR count). The van der Waals surface area contributed by atoms with Gasteiger partial charge in [0.25, 0.3) is 0 Å². The summed E-state index contributed by atoms with van der Waals surface area (Å²) in [6.07, 6.45) is 1.21. The van der Waals surface area contributed by atoms with E-state index in [4.69, 9.17) is 0 Å². The summed E-state index contributed by atoms with van der Waals surface area (Å²) in [5.41, 5.74) is 2.99. The predicted molar refractivity (Wildman–Crippen MR) is 64.1 cm³/mol. The highest BCUT2D eigenvalue weighted by atomic mass is 14.9. The Hall–Kier alpha value is -0.860. The number of rotatable bonds is 4. The molecule has 1 atom stereocenters. The van der Waals surface area contributed by atoms with Crippen molar-refractivity contribution >= 4 is 0 Å². The molecule has 2 nitrogen and oxygen atoms in total. The van der Waals surface area contributed by atoms with Gasteiger partial charge in [0.1, 0.15) is 0 Å². The predicted octanol–water partition coefficient (Wildman–Crippen LogP) is 1.87. The van der Waals surface area contributed by atoms with Crippen molar-refractivity contribution in [2.24, 2.45) is 0 Å². The third kappa shape index (κ3) is 2.58. The van der Waals surface area contributed by atoms with E-state index < -0.39 is 0 Å². The third-order valence-corrected chi connectivity index (χ3v) is 3.02. The number of hydrogen-bond acceptors (Lipinski definition) is 2. The van der Waals surface area contributed by atoms with Crippen LogP contribution in [0.3, 0.4) is 0 Å². The molecule has 1 aliphatic rings. The molecule has 1 aromatic carbocycles. The fourth-order valence-corrected chi connectivity index (χ4v) is 2.22. The van der Waals surface area contributed by atoms with Gasteiger partial charge in [0, 0.05) is 25.6 Å². The molecule has 1 unspecified atom stereocenters. The standard InChI is InChI=1S/C13H20N2/c1-2-7-14-9-12-10-15-8-11-5-3-4-6-13(11)12/h3-6,12,14-15H,2,7-10H2,1H3. The maximum Gasteiger partial charge on any atom is 0.0208 e. The molecule has 1 heterocycles. The van der Waals surface area contributed by atoms with Gasteiger partial charge in [-0.1, -0.05) is 31.2 Å². The van der Waals surface area contributed by atoms with E-state index in [0.29, 0.717) is 5.92 Å². The third-order valence-electron chi connectivity index (χ3n) is 3.02. The van der Waals surface area contributed by atoms with Gasteiger partial charge in [-0.2, -0.15) is 0 Å². The van der Waals surface area contributed by atoms with Crippen LogP contribution < -0.4 is 10.6 Å². The lowest BCUT2D eigenvalue weighted by atomic mass is 9.91. The summed E-state index contributed by atoms with van der Waals surface area (Å²) in [6.45, 7) is 6.56. The molecule has 0 aromatic heterocycles. The van der Waals surface area contributed by atoms with Crippen molar-refractivity contribution in [2.75, 3.05) is 19.6 Å². The minimum absolute atomic E-state index is 0.640. The molecule has 82 valence electrons. The highest BCUT2D eigenvalue weighted by Gasteiger charge is 2.18. The van der Waals surface area contributed by atoms with Crippen LogP contribution in [-0.2, 0) is 6.54 Å². The van der Waals surface area contributed by atoms with Gasteiger partial charge >= 0.3 is 0 Å². The summed E-state index contributed by atoms with van der Waals surface area (Å²) in [5.74, 6) is 0.640. The van der Waals surface area contributed by atoms with E-state index in [1.54, 1.807) is 0 Å². The number of benzene rings is 1. The SMILES string of the molecule is CCCNCC1CNCc2ccccc21. The van der Waals surface area contributed by atoms with E-state index in [1.807, 2.05) is 0 Å². The van der Waals surface area contributed by atoms with Crippen LogP contribution in [0.25, 0.3) is 0 Å². The lowest BCUT2D eigenvalue weighted by molar-refractivity contribution is 0.503. The van der Waals surface area contributed by atoms with Gasteiger partial charge in [0.05, 0.1) is 0 Å². The molecule has 1 aromatic rings. The van der Waals surface area contributed by atoms with Crippen LogP contribution in [0.2, 0.25) is 0 Å². The zero-order valence-electron chi connectivity index (χ0n) is 9.42. The number of fused-ring (bicyclic) bond motifs is 1. The first-order valence-corrected chi connectivity index (χ1v) is 5.91. The topological polar surface area (TPSA) is 24.1 Å². The number of hydrogen-bond donors (Lipinski definition) is 2. The quantitative estimate of drug-likeness (QED) is 0.732. The molecule has 0 radical (unpaired) electrons. The van der Waals surface area contributed by atoms with Crippen molar-refractivity contribution in [3.05, 3.63) is 35.4 Å². The average molecular weight is 204 g/mol. The highest BCUT2D eigenvalue weighted by molar-refractivity contribution is 5.32. The van der Waals surface area contributed by atoms with Crippen LogP contribution in [0, 0.1) is 0 Å². The fraction of sp³-hybridized carbons (Fsp3) is 0.538. The molecule has 1 aliphatic heterocycles. The van der Waals surface area contributed by atoms with Crippen LogP contribution >= 0.6 is 0 Å². The summed E-state index contributed by atoms with van der Waals surface area (Å²) in [7, 11) is 0. The van der Waals surface area contributed by atoms with Crippen LogP contribution in [0.4, 0.5) is 0 Å². The van der Waals surface area contributed by atoms with Gasteiger partial charge in [-0.25, -0.2) is 0 Å². The molecule has 0 aliphatic carbocycles. The van der Waals surface area contributed by atoms with Crippen molar-refractivity contribution < 1.29 is 0 Å². The van der Waals surface area contributed by atoms with Crippen molar-refractivity contribution in [2.45, 2.75) is 25.8 Å². The smallest absolute Gasteiger partial charge is 0.0208 e. The normalized spacial score (nSPS) is 19.9. The second-order valence-corrected chi connectivity index (χ2v) is 4.23. The van der Waals surface area contributed by atoms with Gasteiger partial charge in [0.15, 0.2) is 0 Å². The Kier molecular flexibility index (Phi) is 3.75. The lowest BCUT2D eigenvalue weighted by Gasteiger charge is -2.26. The lowest BCUT2D eigenvalue weighted by Crippen LogP contribution is -2.34. The van der Waals surface area contributed by atoms with E-state index >= 15 is 0 Å². The maximum atomic E-state index is 3.51. The minimum atomic E-state index is 0.640. The summed E-state index contributed by atoms with van der Waals surface area (Å²) in [4.78, 5) is 0. The van der Waals surface area contributed by atoms with E-state index in [1.165, 1.54) is 17.5 Å². The molecular formula is C13H20N2. The molecular weight excluding hydrogens is 184 g/mol. The van der Waals surface area contributed by atoms with Gasteiger partial charge in [-0.15, -0.1) is 0 Å². The Morgan fingerprint density at radius 1 is 1.40 bits per heavy atom. The molecule has 0 saturated carbocycles. The molecule has 0 spiro atoms. The zero-order chi connectivity index (χ0) is 10.5. The van der Waals surface area contributed by atoms with Gasteiger partial charge in [-0.05, 0) is 24.1 Å². The molecule has 15 heavy (non-hydrogen) atoms. The van der Waals surface area contributed by atoms with Gasteiger partial charge in [0.2, 0.25) is 0 Å². The molecule has 2 heteroatoms. The summed E-state index contributed by atoms with van der Waals surface area (Å²) in [6, 6.07) is 8.78. The second-order valence-electron chi connectivity index (χ2n) is 4.23. The summed E-state index contributed by atoms with van der Waals surface area (Å²) >= 11 is 0.